The minimum Gasteiger partial charge on any atom is -0.300 e. The van der Waals surface area contributed by atoms with E-state index in [1.165, 1.54) is 19.3 Å². The van der Waals surface area contributed by atoms with Crippen LogP contribution in [-0.2, 0) is 11.2 Å². The van der Waals surface area contributed by atoms with Crippen LogP contribution in [0.3, 0.4) is 0 Å². The lowest BCUT2D eigenvalue weighted by atomic mass is 9.85. The Hall–Kier alpha value is -2.18. The van der Waals surface area contributed by atoms with Gasteiger partial charge in [-0.05, 0) is 63.2 Å². The molecule has 3 heterocycles. The van der Waals surface area contributed by atoms with Crippen molar-refractivity contribution in [3.63, 3.8) is 0 Å². The number of carbonyl (C=O) groups is 1. The molecule has 2 fully saturated rings. The van der Waals surface area contributed by atoms with Crippen LogP contribution in [0.5, 0.6) is 0 Å². The fraction of sp³-hybridized carbons (Fsp3) is 0.478. The Morgan fingerprint density at radius 2 is 1.93 bits per heavy atom. The average Bonchev–Trinajstić information content (AvgIpc) is 3.13. The van der Waals surface area contributed by atoms with E-state index in [0.29, 0.717) is 12.2 Å². The highest BCUT2D eigenvalue weighted by Gasteiger charge is 2.31. The van der Waals surface area contributed by atoms with Gasteiger partial charge in [0.1, 0.15) is 15.8 Å². The maximum Gasteiger partial charge on any atom is 0.147 e. The number of fused-ring (bicyclic) bond motifs is 1. The predicted octanol–water partition coefficient (Wildman–Crippen LogP) is 4.44. The summed E-state index contributed by atoms with van der Waals surface area (Å²) in [5, 5.41) is 12.4. The molecule has 0 unspecified atom stereocenters. The third-order valence-electron chi connectivity index (χ3n) is 6.48. The largest absolute Gasteiger partial charge is 0.300 e. The highest BCUT2D eigenvalue weighted by molar-refractivity contribution is 7.14. The second-order valence-electron chi connectivity index (χ2n) is 8.40. The summed E-state index contributed by atoms with van der Waals surface area (Å²) >= 11 is 1.59. The molecule has 1 aliphatic heterocycles. The van der Waals surface area contributed by atoms with Gasteiger partial charge in [0.15, 0.2) is 0 Å². The van der Waals surface area contributed by atoms with Crippen molar-refractivity contribution in [1.29, 1.82) is 0 Å². The van der Waals surface area contributed by atoms with E-state index in [4.69, 9.17) is 0 Å². The lowest BCUT2D eigenvalue weighted by Gasteiger charge is -2.41. The lowest BCUT2D eigenvalue weighted by Crippen LogP contribution is -2.45. The number of carbonyl (C=O) groups excluding carboxylic acids is 1. The molecule has 0 amide bonds. The molecule has 1 aliphatic carbocycles. The van der Waals surface area contributed by atoms with E-state index in [2.05, 4.69) is 44.3 Å². The van der Waals surface area contributed by atoms with Gasteiger partial charge >= 0.3 is 0 Å². The lowest BCUT2D eigenvalue weighted by molar-refractivity contribution is -0.124. The van der Waals surface area contributed by atoms with E-state index in [1.54, 1.807) is 11.3 Å². The van der Waals surface area contributed by atoms with Gasteiger partial charge in [0.2, 0.25) is 0 Å². The number of Topliss-reactive ketones (excluding diaryl/α,β-unsaturated/α-hetero) is 1. The topological polar surface area (TPSA) is 59.0 Å². The number of benzene rings is 1. The number of likely N-dealkylation sites (tertiary alicyclic amines) is 1. The molecular formula is C23H26N4OS. The molecule has 2 aliphatic rings. The molecule has 0 radical (unpaired) electrons. The molecule has 0 bridgehead atoms. The first kappa shape index (κ1) is 18.8. The predicted molar refractivity (Wildman–Crippen MR) is 116 cm³/mol. The average molecular weight is 407 g/mol. The summed E-state index contributed by atoms with van der Waals surface area (Å²) in [6.45, 7) is 4.13. The quantitative estimate of drug-likeness (QED) is 0.627. The molecule has 3 aromatic rings. The van der Waals surface area contributed by atoms with Crippen molar-refractivity contribution in [3.8, 4) is 10.6 Å². The summed E-state index contributed by atoms with van der Waals surface area (Å²) in [6, 6.07) is 9.11. The zero-order valence-corrected chi connectivity index (χ0v) is 17.6. The number of piperidine rings is 1. The van der Waals surface area contributed by atoms with Crippen LogP contribution in [0.25, 0.3) is 21.3 Å². The second-order valence-corrected chi connectivity index (χ2v) is 9.58. The van der Waals surface area contributed by atoms with Gasteiger partial charge in [0.25, 0.3) is 0 Å². The molecule has 6 heteroatoms. The van der Waals surface area contributed by atoms with E-state index in [0.717, 1.165) is 64.0 Å². The van der Waals surface area contributed by atoms with Crippen LogP contribution in [0, 0.1) is 12.8 Å². The first-order chi connectivity index (χ1) is 14.2. The number of pyridine rings is 1. The summed E-state index contributed by atoms with van der Waals surface area (Å²) in [6.07, 6.45) is 8.39. The van der Waals surface area contributed by atoms with Crippen molar-refractivity contribution >= 4 is 27.9 Å². The van der Waals surface area contributed by atoms with Crippen LogP contribution in [0.2, 0.25) is 0 Å². The van der Waals surface area contributed by atoms with E-state index < -0.39 is 0 Å². The van der Waals surface area contributed by atoms with Crippen LogP contribution in [0.4, 0.5) is 0 Å². The van der Waals surface area contributed by atoms with Gasteiger partial charge in [-0.3, -0.25) is 9.78 Å². The number of hydrogen-bond donors (Lipinski definition) is 0. The Bertz CT molecular complexity index is 1030. The standard InChI is InChI=1S/C23H26N4OS/c1-15-25-26-23(29-15)17-5-6-18-14-24-20(12-19(18)11-17)13-22(28)16-7-9-27(10-8-16)21-3-2-4-21/h5-6,11-12,14,16,21H,2-4,7-10,13H2,1H3. The minimum atomic E-state index is 0.194. The Kier molecular flexibility index (Phi) is 5.14. The molecule has 150 valence electrons. The molecule has 1 saturated heterocycles. The first-order valence-electron chi connectivity index (χ1n) is 10.6. The van der Waals surface area contributed by atoms with Crippen molar-refractivity contribution in [3.05, 3.63) is 41.2 Å². The molecule has 2 aromatic heterocycles. The molecule has 1 saturated carbocycles. The zero-order valence-electron chi connectivity index (χ0n) is 16.8. The van der Waals surface area contributed by atoms with Crippen molar-refractivity contribution in [2.24, 2.45) is 5.92 Å². The highest BCUT2D eigenvalue weighted by Crippen LogP contribution is 2.30. The normalized spacial score (nSPS) is 18.8. The monoisotopic (exact) mass is 406 g/mol. The number of nitrogens with zero attached hydrogens (tertiary/aromatic N) is 4. The van der Waals surface area contributed by atoms with E-state index in [-0.39, 0.29) is 5.92 Å². The van der Waals surface area contributed by atoms with Crippen LogP contribution < -0.4 is 0 Å². The van der Waals surface area contributed by atoms with Crippen molar-refractivity contribution in [1.82, 2.24) is 20.1 Å². The third-order valence-corrected chi connectivity index (χ3v) is 7.37. The van der Waals surface area contributed by atoms with Crippen LogP contribution in [0.1, 0.15) is 42.8 Å². The van der Waals surface area contributed by atoms with E-state index in [9.17, 15) is 4.79 Å². The number of aryl methyl sites for hydroxylation is 1. The summed E-state index contributed by atoms with van der Waals surface area (Å²) in [5.74, 6) is 0.542. The van der Waals surface area contributed by atoms with Gasteiger partial charge in [-0.2, -0.15) is 0 Å². The third kappa shape index (κ3) is 3.96. The fourth-order valence-electron chi connectivity index (χ4n) is 4.49. The molecule has 5 nitrogen and oxygen atoms in total. The maximum atomic E-state index is 12.9. The van der Waals surface area contributed by atoms with Crippen molar-refractivity contribution in [2.45, 2.75) is 51.5 Å². The number of aromatic nitrogens is 3. The van der Waals surface area contributed by atoms with Gasteiger partial charge in [-0.15, -0.1) is 10.2 Å². The first-order valence-corrected chi connectivity index (χ1v) is 11.4. The summed E-state index contributed by atoms with van der Waals surface area (Å²) in [4.78, 5) is 20.0. The number of rotatable bonds is 5. The SMILES string of the molecule is Cc1nnc(-c2ccc3cnc(CC(=O)C4CCN(C5CCC5)CC4)cc3c2)s1. The zero-order chi connectivity index (χ0) is 19.8. The van der Waals surface area contributed by atoms with Crippen LogP contribution >= 0.6 is 11.3 Å². The smallest absolute Gasteiger partial charge is 0.147 e. The van der Waals surface area contributed by atoms with Gasteiger partial charge in [0, 0.05) is 41.2 Å². The minimum absolute atomic E-state index is 0.194. The molecule has 0 atom stereocenters. The van der Waals surface area contributed by atoms with Crippen LogP contribution in [-0.4, -0.2) is 45.0 Å². The second kappa shape index (κ2) is 7.92. The van der Waals surface area contributed by atoms with Gasteiger partial charge in [-0.25, -0.2) is 0 Å². The van der Waals surface area contributed by atoms with Gasteiger partial charge < -0.3 is 4.90 Å². The van der Waals surface area contributed by atoms with E-state index in [1.807, 2.05) is 13.1 Å². The van der Waals surface area contributed by atoms with E-state index >= 15 is 0 Å². The summed E-state index contributed by atoms with van der Waals surface area (Å²) in [5.41, 5.74) is 1.93. The van der Waals surface area contributed by atoms with Crippen molar-refractivity contribution < 1.29 is 4.79 Å². The van der Waals surface area contributed by atoms with Crippen LogP contribution in [0.15, 0.2) is 30.5 Å². The molecule has 1 aromatic carbocycles. The van der Waals surface area contributed by atoms with Gasteiger partial charge in [-0.1, -0.05) is 29.9 Å². The molecule has 0 spiro atoms. The Balaban J connectivity index is 1.28. The van der Waals surface area contributed by atoms with Gasteiger partial charge in [0.05, 0.1) is 0 Å². The highest BCUT2D eigenvalue weighted by atomic mass is 32.1. The molecule has 5 rings (SSSR count). The molecule has 29 heavy (non-hydrogen) atoms. The fourth-order valence-corrected chi connectivity index (χ4v) is 5.18. The summed E-state index contributed by atoms with van der Waals surface area (Å²) in [7, 11) is 0. The Morgan fingerprint density at radius 3 is 2.62 bits per heavy atom. The molecule has 0 N–H and O–H groups in total. The Morgan fingerprint density at radius 1 is 1.10 bits per heavy atom. The summed E-state index contributed by atoms with van der Waals surface area (Å²) < 4.78 is 0. The maximum absolute atomic E-state index is 12.9. The Labute approximate surface area is 175 Å². The number of hydrogen-bond acceptors (Lipinski definition) is 6. The molecular weight excluding hydrogens is 380 g/mol. The van der Waals surface area contributed by atoms with Crippen molar-refractivity contribution in [2.75, 3.05) is 13.1 Å². The number of ketones is 1.